The molecule has 0 aliphatic heterocycles. The molecule has 0 fully saturated rings. The maximum Gasteiger partial charge on any atom is 0.341 e. The summed E-state index contributed by atoms with van der Waals surface area (Å²) in [6, 6.07) is 9.62. The second-order valence-electron chi connectivity index (χ2n) is 6.66. The minimum atomic E-state index is -0.324. The lowest BCUT2D eigenvalue weighted by atomic mass is 9.85. The van der Waals surface area contributed by atoms with Gasteiger partial charge in [-0.2, -0.15) is 0 Å². The van der Waals surface area contributed by atoms with Crippen LogP contribution in [-0.4, -0.2) is 18.5 Å². The summed E-state index contributed by atoms with van der Waals surface area (Å²) >= 11 is 1.54. The van der Waals surface area contributed by atoms with Crippen LogP contribution in [0.2, 0.25) is 0 Å². The predicted octanol–water partition coefficient (Wildman–Crippen LogP) is 4.62. The molecule has 4 nitrogen and oxygen atoms in total. The number of esters is 1. The first-order valence-corrected chi connectivity index (χ1v) is 10.1. The monoisotopic (exact) mass is 371 g/mol. The molecular weight excluding hydrogens is 346 g/mol. The Bertz CT molecular complexity index is 782. The van der Waals surface area contributed by atoms with Gasteiger partial charge in [-0.1, -0.05) is 43.7 Å². The normalized spacial score (nSPS) is 16.0. The minimum Gasteiger partial charge on any atom is -0.462 e. The molecule has 0 bridgehead atoms. The molecule has 1 aromatic heterocycles. The Morgan fingerprint density at radius 2 is 2.00 bits per heavy atom. The molecule has 1 aliphatic carbocycles. The van der Waals surface area contributed by atoms with Crippen LogP contribution in [0.5, 0.6) is 0 Å². The molecule has 0 spiro atoms. The van der Waals surface area contributed by atoms with Gasteiger partial charge in [0.05, 0.1) is 18.6 Å². The van der Waals surface area contributed by atoms with Crippen molar-refractivity contribution in [2.24, 2.45) is 5.92 Å². The van der Waals surface area contributed by atoms with Crippen molar-refractivity contribution in [3.63, 3.8) is 0 Å². The van der Waals surface area contributed by atoms with Gasteiger partial charge in [-0.3, -0.25) is 4.79 Å². The van der Waals surface area contributed by atoms with Crippen LogP contribution in [0.1, 0.15) is 53.1 Å². The van der Waals surface area contributed by atoms with Crippen molar-refractivity contribution in [2.75, 3.05) is 11.9 Å². The number of benzene rings is 1. The molecule has 26 heavy (non-hydrogen) atoms. The van der Waals surface area contributed by atoms with Crippen LogP contribution in [0.4, 0.5) is 5.00 Å². The molecule has 0 radical (unpaired) electrons. The molecule has 2 aromatic rings. The van der Waals surface area contributed by atoms with Gasteiger partial charge < -0.3 is 10.1 Å². The van der Waals surface area contributed by atoms with Gasteiger partial charge >= 0.3 is 5.97 Å². The number of amides is 1. The van der Waals surface area contributed by atoms with Gasteiger partial charge in [0.1, 0.15) is 5.00 Å². The van der Waals surface area contributed by atoms with Gasteiger partial charge in [-0.05, 0) is 43.2 Å². The molecular formula is C21H25NO3S. The topological polar surface area (TPSA) is 55.4 Å². The fraction of sp³-hybridized carbons (Fsp3) is 0.429. The summed E-state index contributed by atoms with van der Waals surface area (Å²) in [4.78, 5) is 26.2. The zero-order chi connectivity index (χ0) is 18.5. The van der Waals surface area contributed by atoms with Gasteiger partial charge in [0.2, 0.25) is 5.91 Å². The lowest BCUT2D eigenvalue weighted by Gasteiger charge is -2.20. The van der Waals surface area contributed by atoms with Crippen LogP contribution in [0, 0.1) is 5.92 Å². The molecule has 1 aliphatic rings. The largest absolute Gasteiger partial charge is 0.462 e. The number of anilines is 1. The van der Waals surface area contributed by atoms with Crippen LogP contribution >= 0.6 is 11.3 Å². The number of ether oxygens (including phenoxy) is 1. The minimum absolute atomic E-state index is 0.104. The zero-order valence-corrected chi connectivity index (χ0v) is 16.2. The van der Waals surface area contributed by atoms with Crippen LogP contribution in [0.3, 0.4) is 0 Å². The SMILES string of the molecule is CCOC(=O)c1c(NC(=O)Cc2ccccc2)sc2c1CC[C@@H](CC)C2. The molecule has 1 atom stereocenters. The van der Waals surface area contributed by atoms with Crippen molar-refractivity contribution in [3.05, 3.63) is 51.9 Å². The highest BCUT2D eigenvalue weighted by Gasteiger charge is 2.29. The van der Waals surface area contributed by atoms with E-state index in [0.29, 0.717) is 29.5 Å². The van der Waals surface area contributed by atoms with E-state index < -0.39 is 0 Å². The van der Waals surface area contributed by atoms with Crippen molar-refractivity contribution in [1.82, 2.24) is 0 Å². The van der Waals surface area contributed by atoms with Crippen LogP contribution in [0.15, 0.2) is 30.3 Å². The third-order valence-corrected chi connectivity index (χ3v) is 6.05. The highest BCUT2D eigenvalue weighted by Crippen LogP contribution is 2.40. The van der Waals surface area contributed by atoms with E-state index in [1.54, 1.807) is 18.3 Å². The van der Waals surface area contributed by atoms with Crippen molar-refractivity contribution in [3.8, 4) is 0 Å². The van der Waals surface area contributed by atoms with Crippen molar-refractivity contribution in [1.29, 1.82) is 0 Å². The Morgan fingerprint density at radius 3 is 2.69 bits per heavy atom. The van der Waals surface area contributed by atoms with E-state index in [4.69, 9.17) is 4.74 Å². The summed E-state index contributed by atoms with van der Waals surface area (Å²) in [6.45, 7) is 4.34. The third-order valence-electron chi connectivity index (χ3n) is 4.88. The van der Waals surface area contributed by atoms with E-state index >= 15 is 0 Å². The lowest BCUT2D eigenvalue weighted by molar-refractivity contribution is -0.115. The van der Waals surface area contributed by atoms with Crippen LogP contribution in [0.25, 0.3) is 0 Å². The zero-order valence-electron chi connectivity index (χ0n) is 15.3. The van der Waals surface area contributed by atoms with E-state index in [-0.39, 0.29) is 11.9 Å². The smallest absolute Gasteiger partial charge is 0.341 e. The van der Waals surface area contributed by atoms with E-state index in [1.807, 2.05) is 30.3 Å². The number of nitrogens with one attached hydrogen (secondary N) is 1. The van der Waals surface area contributed by atoms with Crippen molar-refractivity contribution < 1.29 is 14.3 Å². The second kappa shape index (κ2) is 8.49. The Kier molecular flexibility index (Phi) is 6.09. The summed E-state index contributed by atoms with van der Waals surface area (Å²) in [5, 5.41) is 3.61. The fourth-order valence-corrected chi connectivity index (χ4v) is 4.83. The maximum atomic E-state index is 12.5. The number of hydrogen-bond donors (Lipinski definition) is 1. The molecule has 0 saturated heterocycles. The number of fused-ring (bicyclic) bond motifs is 1. The number of rotatable bonds is 6. The van der Waals surface area contributed by atoms with Gasteiger partial charge in [-0.15, -0.1) is 11.3 Å². The van der Waals surface area contributed by atoms with Gasteiger partial charge in [-0.25, -0.2) is 4.79 Å². The summed E-state index contributed by atoms with van der Waals surface area (Å²) in [5.74, 6) is 0.228. The van der Waals surface area contributed by atoms with Crippen molar-refractivity contribution in [2.45, 2.75) is 46.0 Å². The average Bonchev–Trinajstić information content (AvgIpc) is 2.99. The summed E-state index contributed by atoms with van der Waals surface area (Å²) in [6.07, 6.45) is 4.39. The van der Waals surface area contributed by atoms with E-state index in [2.05, 4.69) is 12.2 Å². The van der Waals surface area contributed by atoms with Gasteiger partial charge in [0, 0.05) is 4.88 Å². The molecule has 1 amide bonds. The average molecular weight is 372 g/mol. The molecule has 1 heterocycles. The van der Waals surface area contributed by atoms with Crippen LogP contribution < -0.4 is 5.32 Å². The summed E-state index contributed by atoms with van der Waals surface area (Å²) in [5.41, 5.74) is 2.60. The molecule has 138 valence electrons. The molecule has 5 heteroatoms. The Morgan fingerprint density at radius 1 is 1.23 bits per heavy atom. The lowest BCUT2D eigenvalue weighted by Crippen LogP contribution is -2.18. The maximum absolute atomic E-state index is 12.5. The molecule has 3 rings (SSSR count). The first-order chi connectivity index (χ1) is 12.6. The fourth-order valence-electron chi connectivity index (χ4n) is 3.46. The molecule has 1 N–H and O–H groups in total. The van der Waals surface area contributed by atoms with Crippen molar-refractivity contribution >= 4 is 28.2 Å². The van der Waals surface area contributed by atoms with E-state index in [9.17, 15) is 9.59 Å². The van der Waals surface area contributed by atoms with E-state index in [1.165, 1.54) is 4.88 Å². The van der Waals surface area contributed by atoms with Gasteiger partial charge in [0.25, 0.3) is 0 Å². The first-order valence-electron chi connectivity index (χ1n) is 9.27. The first kappa shape index (κ1) is 18.6. The summed E-state index contributed by atoms with van der Waals surface area (Å²) < 4.78 is 5.26. The second-order valence-corrected chi connectivity index (χ2v) is 7.76. The molecule has 0 saturated carbocycles. The predicted molar refractivity (Wildman–Crippen MR) is 105 cm³/mol. The Balaban J connectivity index is 1.84. The highest BCUT2D eigenvalue weighted by molar-refractivity contribution is 7.17. The highest BCUT2D eigenvalue weighted by atomic mass is 32.1. The quantitative estimate of drug-likeness (QED) is 0.754. The molecule has 0 unspecified atom stereocenters. The molecule has 1 aromatic carbocycles. The van der Waals surface area contributed by atoms with Gasteiger partial charge in [0.15, 0.2) is 0 Å². The number of carbonyl (C=O) groups excluding carboxylic acids is 2. The Hall–Kier alpha value is -2.14. The number of thiophene rings is 1. The third kappa shape index (κ3) is 4.15. The van der Waals surface area contributed by atoms with Crippen LogP contribution in [-0.2, 0) is 28.8 Å². The summed E-state index contributed by atoms with van der Waals surface area (Å²) in [7, 11) is 0. The standard InChI is InChI=1S/C21H25NO3S/c1-3-14-10-11-16-17(12-14)26-20(19(16)21(24)25-4-2)22-18(23)13-15-8-6-5-7-9-15/h5-9,14H,3-4,10-13H2,1-2H3,(H,22,23)/t14-/m1/s1. The number of carbonyl (C=O) groups is 2. The Labute approximate surface area is 158 Å². The van der Waals surface area contributed by atoms with E-state index in [0.717, 1.165) is 36.8 Å². The number of hydrogen-bond acceptors (Lipinski definition) is 4.